The van der Waals surface area contributed by atoms with E-state index in [-0.39, 0.29) is 11.7 Å². The number of nitrogens with zero attached hydrogens (tertiary/aromatic N) is 1. The first-order valence-electron chi connectivity index (χ1n) is 6.77. The predicted octanol–water partition coefficient (Wildman–Crippen LogP) is 4.36. The Morgan fingerprint density at radius 2 is 2.00 bits per heavy atom. The molecule has 1 heterocycles. The summed E-state index contributed by atoms with van der Waals surface area (Å²) < 4.78 is 13.6. The van der Waals surface area contributed by atoms with Crippen molar-refractivity contribution in [2.24, 2.45) is 0 Å². The van der Waals surface area contributed by atoms with Crippen molar-refractivity contribution in [1.82, 2.24) is 4.90 Å². The van der Waals surface area contributed by atoms with Crippen LogP contribution in [0.4, 0.5) is 4.39 Å². The summed E-state index contributed by atoms with van der Waals surface area (Å²) in [7, 11) is 2.10. The second-order valence-corrected chi connectivity index (χ2v) is 6.09. The maximum atomic E-state index is 13.6. The molecule has 0 radical (unpaired) electrons. The monoisotopic (exact) mass is 289 g/mol. The van der Waals surface area contributed by atoms with Crippen molar-refractivity contribution in [2.45, 2.75) is 19.4 Å². The van der Waals surface area contributed by atoms with Gasteiger partial charge in [0.15, 0.2) is 0 Å². The predicted molar refractivity (Wildman–Crippen MR) is 80.8 cm³/mol. The van der Waals surface area contributed by atoms with Crippen LogP contribution in [0.25, 0.3) is 0 Å². The normalized spacial score (nSPS) is 18.9. The Morgan fingerprint density at radius 1 is 1.20 bits per heavy atom. The van der Waals surface area contributed by atoms with E-state index in [1.807, 2.05) is 6.07 Å². The van der Waals surface area contributed by atoms with Gasteiger partial charge in [-0.1, -0.05) is 35.4 Å². The van der Waals surface area contributed by atoms with Gasteiger partial charge in [-0.15, -0.1) is 0 Å². The number of halogens is 2. The summed E-state index contributed by atoms with van der Waals surface area (Å²) >= 11 is 6.00. The summed E-state index contributed by atoms with van der Waals surface area (Å²) in [5, 5.41) is 0.460. The van der Waals surface area contributed by atoms with E-state index in [1.54, 1.807) is 6.07 Å². The van der Waals surface area contributed by atoms with Gasteiger partial charge in [-0.2, -0.15) is 0 Å². The highest BCUT2D eigenvalue weighted by Gasteiger charge is 2.25. The molecule has 0 aliphatic carbocycles. The third-order valence-corrected chi connectivity index (χ3v) is 4.11. The molecule has 3 heteroatoms. The molecule has 1 aliphatic heterocycles. The molecule has 0 amide bonds. The molecule has 20 heavy (non-hydrogen) atoms. The van der Waals surface area contributed by atoms with E-state index < -0.39 is 0 Å². The zero-order chi connectivity index (χ0) is 14.3. The summed E-state index contributed by atoms with van der Waals surface area (Å²) in [6.07, 6.45) is 0. The highest BCUT2D eigenvalue weighted by Crippen LogP contribution is 2.34. The molecule has 2 aromatic carbocycles. The fourth-order valence-corrected chi connectivity index (χ4v) is 3.27. The van der Waals surface area contributed by atoms with Crippen molar-refractivity contribution in [3.8, 4) is 0 Å². The maximum Gasteiger partial charge on any atom is 0.124 e. The molecule has 1 aliphatic rings. The minimum absolute atomic E-state index is 0.178. The van der Waals surface area contributed by atoms with Crippen LogP contribution in [-0.4, -0.2) is 18.5 Å². The molecule has 3 rings (SSSR count). The maximum absolute atomic E-state index is 13.6. The number of fused-ring (bicyclic) bond motifs is 1. The number of hydrogen-bond acceptors (Lipinski definition) is 1. The molecule has 0 N–H and O–H groups in total. The molecule has 0 bridgehead atoms. The molecular formula is C17H17ClFN. The zero-order valence-electron chi connectivity index (χ0n) is 11.7. The van der Waals surface area contributed by atoms with E-state index in [4.69, 9.17) is 11.6 Å². The molecule has 1 atom stereocenters. The largest absolute Gasteiger partial charge is 0.301 e. The Hall–Kier alpha value is -1.38. The molecule has 0 fully saturated rings. The second kappa shape index (κ2) is 5.19. The standard InChI is InChI=1S/C17H17ClFN/c1-11-3-4-16-13(5-11)9-20(2)10-17(16)12-6-14(18)8-15(19)7-12/h3-8,17H,9-10H2,1-2H3. The van der Waals surface area contributed by atoms with Crippen LogP contribution in [0.2, 0.25) is 5.02 Å². The number of rotatable bonds is 1. The lowest BCUT2D eigenvalue weighted by Crippen LogP contribution is -2.31. The Labute approximate surface area is 124 Å². The number of likely N-dealkylation sites (N-methyl/N-ethyl adjacent to an activating group) is 1. The SMILES string of the molecule is Cc1ccc2c(c1)CN(C)CC2c1cc(F)cc(Cl)c1. The number of benzene rings is 2. The van der Waals surface area contributed by atoms with Crippen molar-refractivity contribution in [3.63, 3.8) is 0 Å². The summed E-state index contributed by atoms with van der Waals surface area (Å²) in [5.41, 5.74) is 4.82. The van der Waals surface area contributed by atoms with E-state index in [9.17, 15) is 4.39 Å². The molecule has 1 unspecified atom stereocenters. The fourth-order valence-electron chi connectivity index (χ4n) is 3.04. The van der Waals surface area contributed by atoms with Crippen molar-refractivity contribution in [3.05, 3.63) is 69.5 Å². The molecule has 2 aromatic rings. The van der Waals surface area contributed by atoms with Crippen molar-refractivity contribution >= 4 is 11.6 Å². The van der Waals surface area contributed by atoms with Crippen LogP contribution in [-0.2, 0) is 6.54 Å². The van der Waals surface area contributed by atoms with Gasteiger partial charge in [0.25, 0.3) is 0 Å². The smallest absolute Gasteiger partial charge is 0.124 e. The highest BCUT2D eigenvalue weighted by molar-refractivity contribution is 6.30. The van der Waals surface area contributed by atoms with Gasteiger partial charge in [0.1, 0.15) is 5.82 Å². The molecule has 104 valence electrons. The van der Waals surface area contributed by atoms with Crippen LogP contribution in [0.15, 0.2) is 36.4 Å². The van der Waals surface area contributed by atoms with Crippen LogP contribution in [0, 0.1) is 12.7 Å². The Morgan fingerprint density at radius 3 is 2.75 bits per heavy atom. The van der Waals surface area contributed by atoms with Crippen molar-refractivity contribution in [2.75, 3.05) is 13.6 Å². The molecular weight excluding hydrogens is 273 g/mol. The lowest BCUT2D eigenvalue weighted by Gasteiger charge is -2.33. The van der Waals surface area contributed by atoms with E-state index in [1.165, 1.54) is 22.8 Å². The third kappa shape index (κ3) is 2.58. The zero-order valence-corrected chi connectivity index (χ0v) is 12.4. The summed E-state index contributed by atoms with van der Waals surface area (Å²) in [6, 6.07) is 11.3. The minimum atomic E-state index is -0.269. The van der Waals surface area contributed by atoms with Gasteiger partial charge in [-0.25, -0.2) is 4.39 Å². The van der Waals surface area contributed by atoms with Crippen LogP contribution < -0.4 is 0 Å². The van der Waals surface area contributed by atoms with E-state index in [0.717, 1.165) is 18.7 Å². The molecule has 0 saturated heterocycles. The average molecular weight is 290 g/mol. The van der Waals surface area contributed by atoms with Crippen LogP contribution in [0.1, 0.15) is 28.2 Å². The quantitative estimate of drug-likeness (QED) is 0.754. The Bertz CT molecular complexity index is 633. The fraction of sp³-hybridized carbons (Fsp3) is 0.294. The number of aryl methyl sites for hydroxylation is 1. The van der Waals surface area contributed by atoms with Gasteiger partial charge in [0, 0.05) is 24.0 Å². The lowest BCUT2D eigenvalue weighted by molar-refractivity contribution is 0.295. The first-order chi connectivity index (χ1) is 9.52. The molecule has 0 saturated carbocycles. The summed E-state index contributed by atoms with van der Waals surface area (Å²) in [5.74, 6) is -0.0908. The van der Waals surface area contributed by atoms with Crippen LogP contribution in [0.3, 0.4) is 0 Å². The summed E-state index contributed by atoms with van der Waals surface area (Å²) in [4.78, 5) is 2.27. The Balaban J connectivity index is 2.10. The number of hydrogen-bond donors (Lipinski definition) is 0. The topological polar surface area (TPSA) is 3.24 Å². The summed E-state index contributed by atoms with van der Waals surface area (Å²) in [6.45, 7) is 3.93. The molecule has 0 spiro atoms. The van der Waals surface area contributed by atoms with Gasteiger partial charge in [0.2, 0.25) is 0 Å². The van der Waals surface area contributed by atoms with Gasteiger partial charge in [-0.05, 0) is 48.9 Å². The van der Waals surface area contributed by atoms with Gasteiger partial charge < -0.3 is 4.90 Å². The van der Waals surface area contributed by atoms with Crippen LogP contribution in [0.5, 0.6) is 0 Å². The van der Waals surface area contributed by atoms with Crippen molar-refractivity contribution in [1.29, 1.82) is 0 Å². The highest BCUT2D eigenvalue weighted by atomic mass is 35.5. The minimum Gasteiger partial charge on any atom is -0.301 e. The van der Waals surface area contributed by atoms with Crippen molar-refractivity contribution < 1.29 is 4.39 Å². The van der Waals surface area contributed by atoms with E-state index >= 15 is 0 Å². The van der Waals surface area contributed by atoms with E-state index in [2.05, 4.69) is 37.1 Å². The van der Waals surface area contributed by atoms with E-state index in [0.29, 0.717) is 5.02 Å². The third-order valence-electron chi connectivity index (χ3n) is 3.90. The van der Waals surface area contributed by atoms with Gasteiger partial charge in [0.05, 0.1) is 0 Å². The lowest BCUT2D eigenvalue weighted by atomic mass is 9.84. The Kier molecular flexibility index (Phi) is 3.53. The van der Waals surface area contributed by atoms with Gasteiger partial charge in [-0.3, -0.25) is 0 Å². The molecule has 0 aromatic heterocycles. The van der Waals surface area contributed by atoms with Gasteiger partial charge >= 0.3 is 0 Å². The second-order valence-electron chi connectivity index (χ2n) is 5.65. The average Bonchev–Trinajstić information content (AvgIpc) is 2.36. The molecule has 1 nitrogen and oxygen atoms in total. The van der Waals surface area contributed by atoms with Crippen LogP contribution >= 0.6 is 11.6 Å². The first-order valence-corrected chi connectivity index (χ1v) is 7.14. The first kappa shape index (κ1) is 13.6.